The van der Waals surface area contributed by atoms with Gasteiger partial charge in [-0.15, -0.1) is 11.3 Å². The number of hydrogen-bond acceptors (Lipinski definition) is 5. The number of amides is 1. The summed E-state index contributed by atoms with van der Waals surface area (Å²) in [5.41, 5.74) is 1.72. The third kappa shape index (κ3) is 4.86. The number of aliphatic hydroxyl groups is 1. The number of aromatic nitrogens is 1. The van der Waals surface area contributed by atoms with Gasteiger partial charge in [-0.1, -0.05) is 30.3 Å². The monoisotopic (exact) mass is 334 g/mol. The smallest absolute Gasteiger partial charge is 0.263 e. The molecule has 2 aromatic rings. The van der Waals surface area contributed by atoms with Crippen molar-refractivity contribution in [2.45, 2.75) is 39.0 Å². The lowest BCUT2D eigenvalue weighted by Gasteiger charge is -2.20. The molecule has 1 aromatic carbocycles. The van der Waals surface area contributed by atoms with E-state index >= 15 is 0 Å². The molecular formula is C17H22N2O3S. The van der Waals surface area contributed by atoms with E-state index in [0.29, 0.717) is 23.6 Å². The van der Waals surface area contributed by atoms with Crippen LogP contribution in [0.1, 0.15) is 32.9 Å². The summed E-state index contributed by atoms with van der Waals surface area (Å²) in [6.45, 7) is 4.00. The van der Waals surface area contributed by atoms with E-state index in [-0.39, 0.29) is 11.9 Å². The van der Waals surface area contributed by atoms with Crippen molar-refractivity contribution >= 4 is 17.2 Å². The van der Waals surface area contributed by atoms with E-state index in [9.17, 15) is 9.90 Å². The van der Waals surface area contributed by atoms with Crippen molar-refractivity contribution in [3.8, 4) is 0 Å². The third-order valence-corrected chi connectivity index (χ3v) is 4.67. The lowest BCUT2D eigenvalue weighted by Crippen LogP contribution is -2.42. The fourth-order valence-corrected chi connectivity index (χ4v) is 3.19. The second-order valence-corrected chi connectivity index (χ2v) is 6.56. The first kappa shape index (κ1) is 17.6. The maximum absolute atomic E-state index is 12.4. The van der Waals surface area contributed by atoms with E-state index in [1.165, 1.54) is 11.3 Å². The Balaban J connectivity index is 1.96. The number of aryl methyl sites for hydroxylation is 1. The van der Waals surface area contributed by atoms with E-state index in [0.717, 1.165) is 10.6 Å². The number of benzene rings is 1. The number of carbonyl (C=O) groups excluding carboxylic acids is 1. The van der Waals surface area contributed by atoms with Crippen molar-refractivity contribution in [2.75, 3.05) is 7.11 Å². The summed E-state index contributed by atoms with van der Waals surface area (Å²) in [5, 5.41) is 13.9. The summed E-state index contributed by atoms with van der Waals surface area (Å²) in [6, 6.07) is 9.37. The standard InChI is InChI=1S/C17H22N2O3S/c1-11(14(20)9-13-7-5-4-6-8-13)19-17(21)16-12(2)18-15(23-16)10-22-3/h4-8,11,14,20H,9-10H2,1-3H3,(H,19,21). The molecule has 0 aliphatic heterocycles. The quantitative estimate of drug-likeness (QED) is 0.815. The number of nitrogens with zero attached hydrogens (tertiary/aromatic N) is 1. The number of hydrogen-bond donors (Lipinski definition) is 2. The number of thiazole rings is 1. The minimum atomic E-state index is -0.645. The van der Waals surface area contributed by atoms with Crippen LogP contribution in [0.25, 0.3) is 0 Å². The van der Waals surface area contributed by atoms with E-state index < -0.39 is 6.10 Å². The third-order valence-electron chi connectivity index (χ3n) is 3.54. The van der Waals surface area contributed by atoms with Gasteiger partial charge in [-0.3, -0.25) is 4.79 Å². The minimum Gasteiger partial charge on any atom is -0.391 e. The van der Waals surface area contributed by atoms with Crippen LogP contribution in [0.5, 0.6) is 0 Å². The molecule has 6 heteroatoms. The molecule has 2 rings (SSSR count). The molecule has 2 atom stereocenters. The van der Waals surface area contributed by atoms with Gasteiger partial charge in [0, 0.05) is 13.5 Å². The molecule has 0 spiro atoms. The van der Waals surface area contributed by atoms with Crippen molar-refractivity contribution in [3.63, 3.8) is 0 Å². The molecular weight excluding hydrogens is 312 g/mol. The second-order valence-electron chi connectivity index (χ2n) is 5.47. The first-order valence-corrected chi connectivity index (χ1v) is 8.31. The van der Waals surface area contributed by atoms with Crippen LogP contribution in [0.15, 0.2) is 30.3 Å². The molecule has 1 aromatic heterocycles. The Morgan fingerprint density at radius 2 is 2.09 bits per heavy atom. The van der Waals surface area contributed by atoms with E-state index in [1.807, 2.05) is 30.3 Å². The lowest BCUT2D eigenvalue weighted by atomic mass is 10.0. The molecule has 0 bridgehead atoms. The highest BCUT2D eigenvalue weighted by Gasteiger charge is 2.21. The Morgan fingerprint density at radius 3 is 2.74 bits per heavy atom. The zero-order valence-electron chi connectivity index (χ0n) is 13.6. The van der Waals surface area contributed by atoms with Crippen molar-refractivity contribution in [1.82, 2.24) is 10.3 Å². The highest BCUT2D eigenvalue weighted by molar-refractivity contribution is 7.13. The number of carbonyl (C=O) groups is 1. The Bertz CT molecular complexity index is 643. The van der Waals surface area contributed by atoms with Crippen LogP contribution in [0.3, 0.4) is 0 Å². The Morgan fingerprint density at radius 1 is 1.39 bits per heavy atom. The summed E-state index contributed by atoms with van der Waals surface area (Å²) in [6.07, 6.45) is -0.146. The molecule has 2 unspecified atom stereocenters. The molecule has 0 saturated carbocycles. The van der Waals surface area contributed by atoms with Crippen LogP contribution in [-0.2, 0) is 17.8 Å². The minimum absolute atomic E-state index is 0.207. The van der Waals surface area contributed by atoms with Gasteiger partial charge in [0.15, 0.2) is 0 Å². The van der Waals surface area contributed by atoms with Crippen molar-refractivity contribution in [3.05, 3.63) is 51.5 Å². The SMILES string of the molecule is COCc1nc(C)c(C(=O)NC(C)C(O)Cc2ccccc2)s1. The zero-order chi connectivity index (χ0) is 16.8. The van der Waals surface area contributed by atoms with Crippen LogP contribution in [0, 0.1) is 6.92 Å². The molecule has 2 N–H and O–H groups in total. The van der Waals surface area contributed by atoms with Crippen LogP contribution < -0.4 is 5.32 Å². The zero-order valence-corrected chi connectivity index (χ0v) is 14.4. The summed E-state index contributed by atoms with van der Waals surface area (Å²) in [4.78, 5) is 17.2. The molecule has 0 aliphatic rings. The van der Waals surface area contributed by atoms with Gasteiger partial charge < -0.3 is 15.2 Å². The normalized spacial score (nSPS) is 13.6. The van der Waals surface area contributed by atoms with Gasteiger partial charge >= 0.3 is 0 Å². The molecule has 124 valence electrons. The molecule has 23 heavy (non-hydrogen) atoms. The predicted octanol–water partition coefficient (Wildman–Crippen LogP) is 2.32. The number of ether oxygens (including phenoxy) is 1. The second kappa shape index (κ2) is 8.19. The predicted molar refractivity (Wildman–Crippen MR) is 90.6 cm³/mol. The molecule has 0 aliphatic carbocycles. The van der Waals surface area contributed by atoms with Gasteiger partial charge in [-0.25, -0.2) is 4.98 Å². The molecule has 0 saturated heterocycles. The van der Waals surface area contributed by atoms with E-state index in [4.69, 9.17) is 4.74 Å². The average Bonchev–Trinajstić information content (AvgIpc) is 2.89. The highest BCUT2D eigenvalue weighted by atomic mass is 32.1. The summed E-state index contributed by atoms with van der Waals surface area (Å²) in [5.74, 6) is -0.207. The van der Waals surface area contributed by atoms with E-state index in [1.54, 1.807) is 21.0 Å². The van der Waals surface area contributed by atoms with Gasteiger partial charge in [-0.2, -0.15) is 0 Å². The number of rotatable bonds is 7. The van der Waals surface area contributed by atoms with Crippen LogP contribution in [0.2, 0.25) is 0 Å². The van der Waals surface area contributed by atoms with Crippen LogP contribution >= 0.6 is 11.3 Å². The summed E-state index contributed by atoms with van der Waals surface area (Å²) < 4.78 is 5.04. The van der Waals surface area contributed by atoms with Gasteiger partial charge in [0.1, 0.15) is 9.88 Å². The Hall–Kier alpha value is -1.76. The van der Waals surface area contributed by atoms with Gasteiger partial charge in [0.2, 0.25) is 0 Å². The first-order valence-electron chi connectivity index (χ1n) is 7.49. The van der Waals surface area contributed by atoms with Gasteiger partial charge in [0.25, 0.3) is 5.91 Å². The van der Waals surface area contributed by atoms with Crippen molar-refractivity contribution in [1.29, 1.82) is 0 Å². The Kier molecular flexibility index (Phi) is 6.27. The maximum Gasteiger partial charge on any atom is 0.263 e. The molecule has 1 amide bonds. The largest absolute Gasteiger partial charge is 0.391 e. The molecule has 0 fully saturated rings. The first-order chi connectivity index (χ1) is 11.0. The highest BCUT2D eigenvalue weighted by Crippen LogP contribution is 2.19. The van der Waals surface area contributed by atoms with Gasteiger partial charge in [-0.05, 0) is 19.4 Å². The van der Waals surface area contributed by atoms with Gasteiger partial charge in [0.05, 0.1) is 24.4 Å². The molecule has 5 nitrogen and oxygen atoms in total. The molecule has 0 radical (unpaired) electrons. The number of nitrogens with one attached hydrogen (secondary N) is 1. The van der Waals surface area contributed by atoms with Crippen molar-refractivity contribution in [2.24, 2.45) is 0 Å². The van der Waals surface area contributed by atoms with Crippen molar-refractivity contribution < 1.29 is 14.6 Å². The van der Waals surface area contributed by atoms with E-state index in [2.05, 4.69) is 10.3 Å². The summed E-state index contributed by atoms with van der Waals surface area (Å²) >= 11 is 1.32. The maximum atomic E-state index is 12.4. The summed E-state index contributed by atoms with van der Waals surface area (Å²) in [7, 11) is 1.60. The number of methoxy groups -OCH3 is 1. The average molecular weight is 334 g/mol. The topological polar surface area (TPSA) is 71.5 Å². The lowest BCUT2D eigenvalue weighted by molar-refractivity contribution is 0.0855. The van der Waals surface area contributed by atoms with Crippen LogP contribution in [0.4, 0.5) is 0 Å². The fourth-order valence-electron chi connectivity index (χ4n) is 2.25. The van der Waals surface area contributed by atoms with Crippen LogP contribution in [-0.4, -0.2) is 35.3 Å². The fraction of sp³-hybridized carbons (Fsp3) is 0.412. The molecule has 1 heterocycles. The number of aliphatic hydroxyl groups excluding tert-OH is 1. The Labute approximate surface area is 140 Å².